The molecular formula is C15H24N4O3S. The summed E-state index contributed by atoms with van der Waals surface area (Å²) >= 11 is 1.35. The van der Waals surface area contributed by atoms with Crippen molar-refractivity contribution in [3.05, 3.63) is 0 Å². The lowest BCUT2D eigenvalue weighted by atomic mass is 10.1. The summed E-state index contributed by atoms with van der Waals surface area (Å²) in [6.45, 7) is 8.28. The van der Waals surface area contributed by atoms with Gasteiger partial charge in [-0.1, -0.05) is 25.6 Å². The number of rotatable bonds is 5. The van der Waals surface area contributed by atoms with E-state index in [-0.39, 0.29) is 16.9 Å². The molecule has 0 aromatic heterocycles. The van der Waals surface area contributed by atoms with Crippen molar-refractivity contribution in [2.75, 3.05) is 13.6 Å². The van der Waals surface area contributed by atoms with Gasteiger partial charge in [-0.2, -0.15) is 0 Å². The molecule has 1 saturated heterocycles. The van der Waals surface area contributed by atoms with Gasteiger partial charge in [-0.3, -0.25) is 14.9 Å². The van der Waals surface area contributed by atoms with Crippen molar-refractivity contribution in [2.45, 2.75) is 51.6 Å². The molecule has 2 aliphatic rings. The summed E-state index contributed by atoms with van der Waals surface area (Å²) in [6, 6.07) is -0.951. The summed E-state index contributed by atoms with van der Waals surface area (Å²) in [6.07, 6.45) is 0.382. The fraction of sp³-hybridized carbons (Fsp3) is 0.733. The summed E-state index contributed by atoms with van der Waals surface area (Å²) in [7, 11) is 1.63. The lowest BCUT2D eigenvalue weighted by Crippen LogP contribution is -2.63. The van der Waals surface area contributed by atoms with Crippen LogP contribution in [0.15, 0.2) is 4.99 Å². The van der Waals surface area contributed by atoms with Crippen LogP contribution >= 0.6 is 11.8 Å². The number of nitrogens with zero attached hydrogens (tertiary/aromatic N) is 3. The molecule has 1 fully saturated rings. The lowest BCUT2D eigenvalue weighted by Gasteiger charge is -2.36. The van der Waals surface area contributed by atoms with Gasteiger partial charge < -0.3 is 9.80 Å². The van der Waals surface area contributed by atoms with Gasteiger partial charge in [-0.05, 0) is 26.2 Å². The van der Waals surface area contributed by atoms with E-state index >= 15 is 0 Å². The molecule has 0 aliphatic carbocycles. The predicted molar refractivity (Wildman–Crippen MR) is 90.2 cm³/mol. The third-order valence-electron chi connectivity index (χ3n) is 4.12. The van der Waals surface area contributed by atoms with Crippen LogP contribution < -0.4 is 5.32 Å². The van der Waals surface area contributed by atoms with Crippen LogP contribution in [-0.4, -0.2) is 63.7 Å². The topological polar surface area (TPSA) is 82.1 Å². The molecule has 2 heterocycles. The number of amidine groups is 1. The lowest BCUT2D eigenvalue weighted by molar-refractivity contribution is -0.127. The second-order valence-electron chi connectivity index (χ2n) is 6.42. The van der Waals surface area contributed by atoms with Crippen molar-refractivity contribution < 1.29 is 14.4 Å². The zero-order valence-electron chi connectivity index (χ0n) is 14.2. The molecule has 0 spiro atoms. The van der Waals surface area contributed by atoms with Crippen molar-refractivity contribution in [3.8, 4) is 0 Å². The number of imide groups is 1. The van der Waals surface area contributed by atoms with Crippen LogP contribution in [0.3, 0.4) is 0 Å². The van der Waals surface area contributed by atoms with Crippen LogP contribution in [0.25, 0.3) is 0 Å². The fourth-order valence-corrected chi connectivity index (χ4v) is 3.46. The molecule has 8 heteroatoms. The Morgan fingerprint density at radius 1 is 1.35 bits per heavy atom. The zero-order chi connectivity index (χ0) is 17.3. The van der Waals surface area contributed by atoms with Crippen molar-refractivity contribution in [3.63, 3.8) is 0 Å². The number of likely N-dealkylation sites (N-methyl/N-ethyl adjacent to an activating group) is 1. The standard InChI is InChI=1S/C15H24N4O3S/c1-8(2)6-7-19-11-12(18(5)14(22)17-13(11)21)16-15(19)23-10(4)9(3)20/h8,10-12H,6-7H2,1-5H3,(H,17,21,22). The Labute approximate surface area is 140 Å². The number of carbonyl (C=O) groups excluding carboxylic acids is 3. The summed E-state index contributed by atoms with van der Waals surface area (Å²) in [4.78, 5) is 43.6. The molecule has 23 heavy (non-hydrogen) atoms. The zero-order valence-corrected chi connectivity index (χ0v) is 15.0. The van der Waals surface area contributed by atoms with Gasteiger partial charge in [0.05, 0.1) is 5.25 Å². The van der Waals surface area contributed by atoms with Crippen molar-refractivity contribution in [2.24, 2.45) is 10.9 Å². The molecule has 3 atom stereocenters. The van der Waals surface area contributed by atoms with Crippen LogP contribution in [0, 0.1) is 5.92 Å². The minimum atomic E-state index is -0.523. The number of ketones is 1. The van der Waals surface area contributed by atoms with Crippen LogP contribution in [0.1, 0.15) is 34.1 Å². The molecule has 0 aromatic carbocycles. The molecule has 0 radical (unpaired) electrons. The molecule has 0 saturated carbocycles. The highest BCUT2D eigenvalue weighted by Crippen LogP contribution is 2.30. The van der Waals surface area contributed by atoms with E-state index in [1.807, 2.05) is 11.8 Å². The Bertz CT molecular complexity index is 549. The maximum Gasteiger partial charge on any atom is 0.325 e. The Morgan fingerprint density at radius 2 is 2.00 bits per heavy atom. The molecule has 7 nitrogen and oxygen atoms in total. The Balaban J connectivity index is 2.26. The Morgan fingerprint density at radius 3 is 2.57 bits per heavy atom. The maximum absolute atomic E-state index is 12.3. The first-order valence-electron chi connectivity index (χ1n) is 7.81. The SMILES string of the molecule is CC(=O)C(C)SC1=NC2C(C(=O)NC(=O)N2C)N1CCC(C)C. The second-order valence-corrected chi connectivity index (χ2v) is 7.73. The van der Waals surface area contributed by atoms with Gasteiger partial charge in [0, 0.05) is 13.6 Å². The average molecular weight is 340 g/mol. The van der Waals surface area contributed by atoms with E-state index in [0.29, 0.717) is 17.6 Å². The molecule has 2 rings (SSSR count). The summed E-state index contributed by atoms with van der Waals surface area (Å²) in [5.41, 5.74) is 0. The minimum Gasteiger partial charge on any atom is -0.336 e. The maximum atomic E-state index is 12.3. The molecule has 3 amide bonds. The number of carbonyl (C=O) groups is 3. The van der Waals surface area contributed by atoms with Gasteiger partial charge in [0.1, 0.15) is 5.78 Å². The van der Waals surface area contributed by atoms with E-state index in [4.69, 9.17) is 0 Å². The summed E-state index contributed by atoms with van der Waals surface area (Å²) in [5.74, 6) is 0.221. The number of urea groups is 1. The third kappa shape index (κ3) is 3.68. The van der Waals surface area contributed by atoms with E-state index in [1.54, 1.807) is 14.0 Å². The van der Waals surface area contributed by atoms with Crippen molar-refractivity contribution in [1.29, 1.82) is 0 Å². The highest BCUT2D eigenvalue weighted by molar-refractivity contribution is 8.14. The van der Waals surface area contributed by atoms with Gasteiger partial charge in [0.25, 0.3) is 5.91 Å². The van der Waals surface area contributed by atoms with Gasteiger partial charge >= 0.3 is 6.03 Å². The van der Waals surface area contributed by atoms with E-state index in [1.165, 1.54) is 16.7 Å². The molecular weight excluding hydrogens is 316 g/mol. The number of aliphatic imine (C=N–C) groups is 1. The third-order valence-corrected chi connectivity index (χ3v) is 5.36. The first-order chi connectivity index (χ1) is 10.7. The number of amides is 3. The van der Waals surface area contributed by atoms with E-state index in [9.17, 15) is 14.4 Å². The minimum absolute atomic E-state index is 0.0604. The molecule has 0 bridgehead atoms. The predicted octanol–water partition coefficient (Wildman–Crippen LogP) is 1.29. The van der Waals surface area contributed by atoms with Gasteiger partial charge in [-0.15, -0.1) is 0 Å². The molecule has 3 unspecified atom stereocenters. The van der Waals surface area contributed by atoms with Crippen molar-refractivity contribution >= 4 is 34.7 Å². The number of hydrogen-bond acceptors (Lipinski definition) is 6. The normalized spacial score (nSPS) is 25.4. The van der Waals surface area contributed by atoms with Crippen LogP contribution in [0.5, 0.6) is 0 Å². The van der Waals surface area contributed by atoms with Crippen LogP contribution in [0.2, 0.25) is 0 Å². The first-order valence-corrected chi connectivity index (χ1v) is 8.69. The monoisotopic (exact) mass is 340 g/mol. The fourth-order valence-electron chi connectivity index (χ4n) is 2.47. The van der Waals surface area contributed by atoms with E-state index in [2.05, 4.69) is 24.2 Å². The number of hydrogen-bond donors (Lipinski definition) is 1. The van der Waals surface area contributed by atoms with Gasteiger partial charge in [-0.25, -0.2) is 9.79 Å². The summed E-state index contributed by atoms with van der Waals surface area (Å²) in [5, 5.41) is 2.80. The van der Waals surface area contributed by atoms with E-state index in [0.717, 1.165) is 6.42 Å². The molecule has 1 N–H and O–H groups in total. The highest BCUT2D eigenvalue weighted by atomic mass is 32.2. The Kier molecular flexibility index (Phi) is 5.33. The number of Topliss-reactive ketones (excluding diaryl/α,β-unsaturated/α-hetero) is 1. The average Bonchev–Trinajstić information content (AvgIpc) is 2.81. The highest BCUT2D eigenvalue weighted by Gasteiger charge is 2.48. The largest absolute Gasteiger partial charge is 0.336 e. The number of nitrogens with one attached hydrogen (secondary N) is 1. The molecule has 0 aromatic rings. The Hall–Kier alpha value is -1.57. The number of thioether (sulfide) groups is 1. The number of fused-ring (bicyclic) bond motifs is 1. The van der Waals surface area contributed by atoms with Gasteiger partial charge in [0.2, 0.25) is 0 Å². The smallest absolute Gasteiger partial charge is 0.325 e. The van der Waals surface area contributed by atoms with Crippen LogP contribution in [-0.2, 0) is 9.59 Å². The quantitative estimate of drug-likeness (QED) is 0.815. The second kappa shape index (κ2) is 6.90. The van der Waals surface area contributed by atoms with Crippen molar-refractivity contribution in [1.82, 2.24) is 15.1 Å². The molecule has 2 aliphatic heterocycles. The first kappa shape index (κ1) is 17.8. The molecule has 128 valence electrons. The van der Waals surface area contributed by atoms with Crippen LogP contribution in [0.4, 0.5) is 4.79 Å². The van der Waals surface area contributed by atoms with Gasteiger partial charge in [0.15, 0.2) is 17.4 Å². The van der Waals surface area contributed by atoms with E-state index < -0.39 is 18.2 Å². The summed E-state index contributed by atoms with van der Waals surface area (Å²) < 4.78 is 0.